The van der Waals surface area contributed by atoms with Gasteiger partial charge in [0.1, 0.15) is 5.82 Å². The van der Waals surface area contributed by atoms with E-state index in [0.29, 0.717) is 5.56 Å². The molecule has 0 aliphatic carbocycles. The van der Waals surface area contributed by atoms with E-state index in [1.807, 2.05) is 0 Å². The Bertz CT molecular complexity index is 959. The number of carbonyl (C=O) groups excluding carboxylic acids is 3. The van der Waals surface area contributed by atoms with Gasteiger partial charge in [0.15, 0.2) is 6.61 Å². The lowest BCUT2D eigenvalue weighted by Gasteiger charge is -2.09. The molecule has 1 N–H and O–H groups in total. The Labute approximate surface area is 158 Å². The molecule has 2 aromatic carbocycles. The molecule has 0 spiro atoms. The van der Waals surface area contributed by atoms with E-state index in [9.17, 15) is 28.9 Å². The highest BCUT2D eigenvalue weighted by Crippen LogP contribution is 2.19. The molecule has 0 bridgehead atoms. The third kappa shape index (κ3) is 5.10. The molecule has 0 aliphatic rings. The van der Waals surface area contributed by atoms with E-state index in [-0.39, 0.29) is 16.8 Å². The van der Waals surface area contributed by atoms with Crippen LogP contribution in [0.2, 0.25) is 0 Å². The number of hydrogen-bond acceptors (Lipinski definition) is 7. The number of halogens is 1. The number of methoxy groups -OCH3 is 1. The van der Waals surface area contributed by atoms with Crippen molar-refractivity contribution in [2.75, 3.05) is 19.0 Å². The minimum Gasteiger partial charge on any atom is -0.465 e. The Morgan fingerprint density at radius 2 is 1.75 bits per heavy atom. The number of hydrogen-bond donors (Lipinski definition) is 1. The lowest BCUT2D eigenvalue weighted by atomic mass is 10.1. The summed E-state index contributed by atoms with van der Waals surface area (Å²) in [6.07, 6.45) is 0. The molecule has 0 fully saturated rings. The SMILES string of the molecule is COC(=O)c1cc(C(=O)OCC(=O)Nc2cc(F)ccc2C)cc([N+](=O)[O-])c1. The number of nitrogens with zero attached hydrogens (tertiary/aromatic N) is 1. The van der Waals surface area contributed by atoms with Crippen molar-refractivity contribution in [2.45, 2.75) is 6.92 Å². The van der Waals surface area contributed by atoms with Gasteiger partial charge in [0, 0.05) is 17.8 Å². The number of carbonyl (C=O) groups is 3. The maximum Gasteiger partial charge on any atom is 0.338 e. The average molecular weight is 390 g/mol. The smallest absolute Gasteiger partial charge is 0.338 e. The van der Waals surface area contributed by atoms with Crippen molar-refractivity contribution in [2.24, 2.45) is 0 Å². The molecule has 0 saturated carbocycles. The van der Waals surface area contributed by atoms with Crippen LogP contribution < -0.4 is 5.32 Å². The van der Waals surface area contributed by atoms with Crippen molar-refractivity contribution >= 4 is 29.2 Å². The fourth-order valence-electron chi connectivity index (χ4n) is 2.20. The number of nitrogens with one attached hydrogen (secondary N) is 1. The third-order valence-corrected chi connectivity index (χ3v) is 3.59. The second-order valence-corrected chi connectivity index (χ2v) is 5.60. The number of nitro groups is 1. The second kappa shape index (κ2) is 8.71. The van der Waals surface area contributed by atoms with Crippen LogP contribution in [0.3, 0.4) is 0 Å². The van der Waals surface area contributed by atoms with Crippen LogP contribution in [0.15, 0.2) is 36.4 Å². The first-order chi connectivity index (χ1) is 13.2. The topological polar surface area (TPSA) is 125 Å². The Kier molecular flexibility index (Phi) is 6.38. The first-order valence-electron chi connectivity index (χ1n) is 7.82. The molecular formula is C18H15FN2O7. The van der Waals surface area contributed by atoms with Crippen LogP contribution >= 0.6 is 0 Å². The predicted molar refractivity (Wildman–Crippen MR) is 94.5 cm³/mol. The average Bonchev–Trinajstić information content (AvgIpc) is 2.67. The summed E-state index contributed by atoms with van der Waals surface area (Å²) in [7, 11) is 1.08. The summed E-state index contributed by atoms with van der Waals surface area (Å²) in [6.45, 7) is 0.934. The summed E-state index contributed by atoms with van der Waals surface area (Å²) in [6, 6.07) is 6.71. The summed E-state index contributed by atoms with van der Waals surface area (Å²) in [5.74, 6) is -3.22. The summed E-state index contributed by atoms with van der Waals surface area (Å²) in [5, 5.41) is 13.4. The number of amides is 1. The summed E-state index contributed by atoms with van der Waals surface area (Å²) >= 11 is 0. The molecule has 0 unspecified atom stereocenters. The molecule has 9 nitrogen and oxygen atoms in total. The summed E-state index contributed by atoms with van der Waals surface area (Å²) < 4.78 is 22.5. The van der Waals surface area contributed by atoms with Gasteiger partial charge in [0.25, 0.3) is 11.6 Å². The maximum absolute atomic E-state index is 13.2. The van der Waals surface area contributed by atoms with Gasteiger partial charge in [-0.1, -0.05) is 6.07 Å². The monoisotopic (exact) mass is 390 g/mol. The molecular weight excluding hydrogens is 375 g/mol. The highest BCUT2D eigenvalue weighted by Gasteiger charge is 2.20. The Hall–Kier alpha value is -3.82. The quantitative estimate of drug-likeness (QED) is 0.457. The van der Waals surface area contributed by atoms with E-state index in [1.54, 1.807) is 6.92 Å². The number of anilines is 1. The van der Waals surface area contributed by atoms with E-state index in [4.69, 9.17) is 4.74 Å². The second-order valence-electron chi connectivity index (χ2n) is 5.60. The minimum absolute atomic E-state index is 0.212. The van der Waals surface area contributed by atoms with Gasteiger partial charge in [0.2, 0.25) is 0 Å². The van der Waals surface area contributed by atoms with E-state index >= 15 is 0 Å². The normalized spacial score (nSPS) is 10.1. The number of ether oxygens (including phenoxy) is 2. The Morgan fingerprint density at radius 3 is 2.36 bits per heavy atom. The molecule has 0 heterocycles. The van der Waals surface area contributed by atoms with Gasteiger partial charge in [-0.3, -0.25) is 14.9 Å². The number of rotatable bonds is 6. The van der Waals surface area contributed by atoms with Crippen molar-refractivity contribution in [1.82, 2.24) is 0 Å². The summed E-state index contributed by atoms with van der Waals surface area (Å²) in [5.41, 5.74) is -0.227. The molecule has 0 aromatic heterocycles. The van der Waals surface area contributed by atoms with Gasteiger partial charge in [-0.25, -0.2) is 14.0 Å². The molecule has 28 heavy (non-hydrogen) atoms. The molecule has 10 heteroatoms. The molecule has 146 valence electrons. The largest absolute Gasteiger partial charge is 0.465 e. The molecule has 0 saturated heterocycles. The van der Waals surface area contributed by atoms with Crippen LogP contribution in [-0.2, 0) is 14.3 Å². The van der Waals surface area contributed by atoms with E-state index in [1.165, 1.54) is 12.1 Å². The van der Waals surface area contributed by atoms with Crippen LogP contribution in [-0.4, -0.2) is 36.5 Å². The zero-order chi connectivity index (χ0) is 20.8. The first-order valence-corrected chi connectivity index (χ1v) is 7.82. The van der Waals surface area contributed by atoms with E-state index in [2.05, 4.69) is 10.1 Å². The van der Waals surface area contributed by atoms with Gasteiger partial charge >= 0.3 is 11.9 Å². The zero-order valence-electron chi connectivity index (χ0n) is 14.9. The van der Waals surface area contributed by atoms with Crippen molar-refractivity contribution in [1.29, 1.82) is 0 Å². The first kappa shape index (κ1) is 20.5. The van der Waals surface area contributed by atoms with Crippen molar-refractivity contribution in [3.05, 3.63) is 69.0 Å². The molecule has 0 aliphatic heterocycles. The fraction of sp³-hybridized carbons (Fsp3) is 0.167. The van der Waals surface area contributed by atoms with Gasteiger partial charge in [-0.2, -0.15) is 0 Å². The maximum atomic E-state index is 13.2. The van der Waals surface area contributed by atoms with Crippen LogP contribution in [0.5, 0.6) is 0 Å². The van der Waals surface area contributed by atoms with Gasteiger partial charge in [-0.15, -0.1) is 0 Å². The predicted octanol–water partition coefficient (Wildman–Crippen LogP) is 2.62. The molecule has 0 atom stereocenters. The van der Waals surface area contributed by atoms with E-state index < -0.39 is 40.9 Å². The van der Waals surface area contributed by atoms with Crippen LogP contribution in [0, 0.1) is 22.9 Å². The lowest BCUT2D eigenvalue weighted by Crippen LogP contribution is -2.21. The van der Waals surface area contributed by atoms with E-state index in [0.717, 1.165) is 31.4 Å². The van der Waals surface area contributed by atoms with Crippen molar-refractivity contribution in [3.8, 4) is 0 Å². The molecule has 2 aromatic rings. The Morgan fingerprint density at radius 1 is 1.11 bits per heavy atom. The van der Waals surface area contributed by atoms with Crippen molar-refractivity contribution in [3.63, 3.8) is 0 Å². The number of esters is 2. The minimum atomic E-state index is -1.06. The number of non-ortho nitro benzene ring substituents is 1. The highest BCUT2D eigenvalue weighted by atomic mass is 19.1. The highest BCUT2D eigenvalue weighted by molar-refractivity contribution is 5.98. The standard InChI is InChI=1S/C18H15FN2O7/c1-10-3-4-13(19)8-15(10)20-16(22)9-28-18(24)12-5-11(17(23)27-2)6-14(7-12)21(25)26/h3-8H,9H2,1-2H3,(H,20,22). The molecule has 1 amide bonds. The summed E-state index contributed by atoms with van der Waals surface area (Å²) in [4.78, 5) is 45.8. The lowest BCUT2D eigenvalue weighted by molar-refractivity contribution is -0.384. The van der Waals surface area contributed by atoms with Gasteiger partial charge in [0.05, 0.1) is 23.2 Å². The van der Waals surface area contributed by atoms with Gasteiger partial charge in [-0.05, 0) is 30.7 Å². The van der Waals surface area contributed by atoms with Crippen LogP contribution in [0.25, 0.3) is 0 Å². The Balaban J connectivity index is 2.10. The number of aryl methyl sites for hydroxylation is 1. The number of benzene rings is 2. The van der Waals surface area contributed by atoms with Crippen LogP contribution in [0.1, 0.15) is 26.3 Å². The fourth-order valence-corrected chi connectivity index (χ4v) is 2.20. The van der Waals surface area contributed by atoms with Crippen molar-refractivity contribution < 1.29 is 33.2 Å². The molecule has 0 radical (unpaired) electrons. The third-order valence-electron chi connectivity index (χ3n) is 3.59. The number of nitro benzene ring substituents is 1. The van der Waals surface area contributed by atoms with Gasteiger partial charge < -0.3 is 14.8 Å². The zero-order valence-corrected chi connectivity index (χ0v) is 14.9. The molecule has 2 rings (SSSR count). The van der Waals surface area contributed by atoms with Crippen LogP contribution in [0.4, 0.5) is 15.8 Å².